The first kappa shape index (κ1) is 68.5. The van der Waals surface area contributed by atoms with Gasteiger partial charge in [-0.2, -0.15) is 4.73 Å². The summed E-state index contributed by atoms with van der Waals surface area (Å²) in [6, 6.07) is 2.24. The maximum absolute atomic E-state index is 15.2. The second kappa shape index (κ2) is 27.4. The van der Waals surface area contributed by atoms with Crippen molar-refractivity contribution in [2.24, 2.45) is 5.73 Å². The average molecular weight is 1440 g/mol. The molecule has 2 aromatic carbocycles. The number of amides is 6. The molecule has 98 heavy (non-hydrogen) atoms. The van der Waals surface area contributed by atoms with Crippen molar-refractivity contribution in [3.05, 3.63) is 130 Å². The van der Waals surface area contributed by atoms with Gasteiger partial charge in [0.1, 0.15) is 102 Å². The number of esters is 2. The number of aromatic nitrogens is 6. The van der Waals surface area contributed by atoms with Crippen LogP contribution in [-0.2, 0) is 56.0 Å². The lowest BCUT2D eigenvalue weighted by atomic mass is 9.85. The quantitative estimate of drug-likeness (QED) is 0.0411. The van der Waals surface area contributed by atoms with Crippen molar-refractivity contribution in [3.8, 4) is 38.1 Å². The Morgan fingerprint density at radius 1 is 0.847 bits per heavy atom. The van der Waals surface area contributed by atoms with Crippen molar-refractivity contribution in [2.45, 2.75) is 108 Å². The molecule has 1 saturated heterocycles. The SMILES string of the molecule is C=C(NC(=O)c1csc(-c2cc3c(cc2O)-c2nc(cs2)C(=O)NC(C(C)O)C(=O)N/C(=C(/C)OC)c2nc(cs2)C(=O)NC2c4nc(cs4)C(=O)NC(COC(=O)c4c5c6c(cccc6n4O)COC(=O)C(OC4CC(C)(O)C(N(C)C)C(C)O4)C2OC5)c2nc-3cs2)n1)C(N)=O. The summed E-state index contributed by atoms with van der Waals surface area (Å²) in [6.45, 7) is 7.74. The normalized spacial score (nSPS) is 24.0. The van der Waals surface area contributed by atoms with E-state index in [0.717, 1.165) is 56.7 Å². The zero-order valence-corrected chi connectivity index (χ0v) is 56.8. The molecule has 1 fully saturated rings. The molecule has 4 aliphatic heterocycles. The van der Waals surface area contributed by atoms with E-state index < -0.39 is 145 Å². The van der Waals surface area contributed by atoms with Gasteiger partial charge in [-0.1, -0.05) is 18.7 Å². The summed E-state index contributed by atoms with van der Waals surface area (Å²) in [5.74, 6) is -8.06. The first-order valence-electron chi connectivity index (χ1n) is 29.8. The number of cyclic esters (lactones) is 2. The van der Waals surface area contributed by atoms with E-state index in [-0.39, 0.29) is 105 Å². The Labute approximate surface area is 575 Å². The van der Waals surface area contributed by atoms with Crippen molar-refractivity contribution in [3.63, 3.8) is 0 Å². The molecule has 0 aliphatic carbocycles. The number of phenols is 1. The van der Waals surface area contributed by atoms with E-state index in [2.05, 4.69) is 48.1 Å². The highest BCUT2D eigenvalue weighted by Gasteiger charge is 2.50. The molecule has 6 amide bonds. The number of likely N-dealkylation sites (N-methyl/N-ethyl adjacent to an activating group) is 1. The maximum atomic E-state index is 15.2. The molecule has 6 aromatic heterocycles. The Morgan fingerprint density at radius 2 is 1.50 bits per heavy atom. The fourth-order valence-corrected chi connectivity index (χ4v) is 16.1. The van der Waals surface area contributed by atoms with Crippen LogP contribution in [0.3, 0.4) is 0 Å². The molecule has 10 atom stereocenters. The summed E-state index contributed by atoms with van der Waals surface area (Å²) >= 11 is 4.61. The number of nitrogens with zero attached hydrogens (tertiary/aromatic N) is 7. The largest absolute Gasteiger partial charge is 0.507 e. The molecule has 0 spiro atoms. The number of rotatable bonds is 9. The molecule has 0 radical (unpaired) electrons. The number of nitrogens with two attached hydrogens (primary N) is 1. The number of benzene rings is 2. The third kappa shape index (κ3) is 13.4. The Kier molecular flexibility index (Phi) is 19.2. The summed E-state index contributed by atoms with van der Waals surface area (Å²) in [5.41, 5.74) is 2.87. The number of aliphatic hydroxyl groups excluding tert-OH is 1. The van der Waals surface area contributed by atoms with Crippen LogP contribution in [0.5, 0.6) is 5.75 Å². The highest BCUT2D eigenvalue weighted by molar-refractivity contribution is 7.14. The van der Waals surface area contributed by atoms with E-state index in [9.17, 15) is 44.5 Å². The van der Waals surface area contributed by atoms with Crippen molar-refractivity contribution < 1.29 is 87.3 Å². The number of hydrogen-bond donors (Lipinski definition) is 10. The summed E-state index contributed by atoms with van der Waals surface area (Å²) in [4.78, 5) is 139. The molecule has 4 aliphatic rings. The molecule has 10 heterocycles. The van der Waals surface area contributed by atoms with Gasteiger partial charge in [-0.05, 0) is 65.6 Å². The van der Waals surface area contributed by atoms with Crippen molar-refractivity contribution >= 4 is 121 Å². The van der Waals surface area contributed by atoms with Crippen LogP contribution in [0, 0.1) is 0 Å². The minimum atomic E-state index is -1.91. The number of thiazole rings is 5. The van der Waals surface area contributed by atoms with E-state index in [1.165, 1.54) is 60.7 Å². The number of allylic oxidation sites excluding steroid dienone is 1. The summed E-state index contributed by atoms with van der Waals surface area (Å²) in [5, 5.41) is 67.9. The summed E-state index contributed by atoms with van der Waals surface area (Å²) in [6.07, 6.45) is -7.53. The van der Waals surface area contributed by atoms with Crippen LogP contribution in [-0.4, -0.2) is 179 Å². The second-order valence-corrected chi connectivity index (χ2v) is 27.8. The molecular formula is C62H61N13O18S5. The van der Waals surface area contributed by atoms with Crippen LogP contribution < -0.4 is 32.3 Å². The molecule has 12 bridgehead atoms. The maximum Gasteiger partial charge on any atom is 0.358 e. The number of phenolic OH excluding ortho intramolecular Hbond substituents is 1. The molecule has 12 rings (SSSR count). The smallest absolute Gasteiger partial charge is 0.358 e. The number of aromatic hydroxyl groups is 1. The lowest BCUT2D eigenvalue weighted by Crippen LogP contribution is -2.62. The van der Waals surface area contributed by atoms with Gasteiger partial charge in [-0.3, -0.25) is 28.8 Å². The third-order valence-electron chi connectivity index (χ3n) is 16.5. The minimum Gasteiger partial charge on any atom is -0.507 e. The fourth-order valence-electron chi connectivity index (χ4n) is 11.9. The fraction of sp³-hybridized carbons (Fsp3) is 0.339. The molecule has 31 nitrogen and oxygen atoms in total. The van der Waals surface area contributed by atoms with E-state index in [0.29, 0.717) is 10.3 Å². The van der Waals surface area contributed by atoms with Gasteiger partial charge in [0.05, 0.1) is 60.0 Å². The van der Waals surface area contributed by atoms with Gasteiger partial charge in [-0.25, -0.2) is 34.5 Å². The number of methoxy groups -OCH3 is 1. The van der Waals surface area contributed by atoms with Gasteiger partial charge >= 0.3 is 11.9 Å². The number of hydrogen-bond acceptors (Lipinski definition) is 29. The topological polar surface area (TPSA) is 432 Å². The van der Waals surface area contributed by atoms with Gasteiger partial charge in [0.2, 0.25) is 5.91 Å². The number of fused-ring (bicyclic) bond motifs is 15. The van der Waals surface area contributed by atoms with Gasteiger partial charge in [0.15, 0.2) is 18.1 Å². The summed E-state index contributed by atoms with van der Waals surface area (Å²) in [7, 11) is 4.84. The van der Waals surface area contributed by atoms with Gasteiger partial charge in [0, 0.05) is 55.4 Å². The first-order valence-corrected chi connectivity index (χ1v) is 34.2. The molecule has 0 saturated carbocycles. The highest BCUT2D eigenvalue weighted by Crippen LogP contribution is 2.45. The first-order chi connectivity index (χ1) is 46.7. The number of aliphatic hydroxyl groups is 2. The van der Waals surface area contributed by atoms with Crippen molar-refractivity contribution in [2.75, 3.05) is 27.8 Å². The van der Waals surface area contributed by atoms with Crippen LogP contribution in [0.15, 0.2) is 75.3 Å². The lowest BCUT2D eigenvalue weighted by Gasteiger charge is -2.48. The van der Waals surface area contributed by atoms with Crippen LogP contribution >= 0.6 is 56.7 Å². The van der Waals surface area contributed by atoms with E-state index in [4.69, 9.17) is 44.1 Å². The minimum absolute atomic E-state index is 0.0138. The highest BCUT2D eigenvalue weighted by atomic mass is 32.1. The number of carbonyl (C=O) groups is 8. The predicted octanol–water partition coefficient (Wildman–Crippen LogP) is 4.50. The molecule has 36 heteroatoms. The molecule has 10 unspecified atom stereocenters. The van der Waals surface area contributed by atoms with Gasteiger partial charge in [-0.15, -0.1) is 56.7 Å². The zero-order valence-electron chi connectivity index (χ0n) is 52.8. The van der Waals surface area contributed by atoms with Crippen LogP contribution in [0.4, 0.5) is 0 Å². The zero-order chi connectivity index (χ0) is 69.9. The standard InChI is InChI=1S/C62H61N13O18S5/c1-23(49(63)78)64-50(79)34-19-95-56(68-34)30-12-28-29(13-39(30)77)55-67-36(20-94-55)52(81)71-42(24(2)76)54(83)72-43(25(3)88-8)58-69-37(22-97-58)53(82)73-44-46-47(93-40-14-62(5,86)48(74(6)7)26(4)92-40)61(85)90-15-27-10-9-11-38-41(27)31(16-89-46)45(75(38)87)60(84)91-17-32(57-66-33(28)18-96-57)65-51(80)35-21-98-59(44)70-35/h9-13,18-22,24,26,32,40,42,44,46-48,76-77,86-87H,1,14-17H2,2-8H3,(H2,63,78)(H,64,79)(H,65,80)(H,71,81)(H,72,83)(H,73,82)/b43-25-. The van der Waals surface area contributed by atoms with Gasteiger partial charge in [0.25, 0.3) is 29.5 Å². The van der Waals surface area contributed by atoms with Crippen LogP contribution in [0.25, 0.3) is 49.0 Å². The number of carbonyl (C=O) groups excluding carboxylic acids is 8. The number of nitrogens with one attached hydrogen (secondary N) is 5. The van der Waals surface area contributed by atoms with Crippen molar-refractivity contribution in [1.29, 1.82) is 0 Å². The van der Waals surface area contributed by atoms with E-state index >= 15 is 14.4 Å². The third-order valence-corrected chi connectivity index (χ3v) is 21.0. The average Bonchev–Trinajstić information content (AvgIpc) is 1.57. The Bertz CT molecular complexity index is 4600. The van der Waals surface area contributed by atoms with E-state index in [1.807, 2.05) is 0 Å². The van der Waals surface area contributed by atoms with Crippen LogP contribution in [0.2, 0.25) is 0 Å². The molecule has 512 valence electrons. The number of primary amides is 1. The van der Waals surface area contributed by atoms with Crippen molar-refractivity contribution in [1.82, 2.24) is 61.1 Å². The Morgan fingerprint density at radius 3 is 2.21 bits per heavy atom. The Hall–Kier alpha value is -9.47. The lowest BCUT2D eigenvalue weighted by molar-refractivity contribution is -0.280. The monoisotopic (exact) mass is 1440 g/mol. The molecule has 11 N–H and O–H groups in total. The summed E-state index contributed by atoms with van der Waals surface area (Å²) < 4.78 is 38.2. The second-order valence-electron chi connectivity index (χ2n) is 23.5. The van der Waals surface area contributed by atoms with Gasteiger partial charge < -0.3 is 86.2 Å². The number of ether oxygens (including phenoxy) is 6. The van der Waals surface area contributed by atoms with Crippen LogP contribution in [0.1, 0.15) is 125 Å². The molecular weight excluding hydrogens is 1380 g/mol. The predicted molar refractivity (Wildman–Crippen MR) is 352 cm³/mol. The van der Waals surface area contributed by atoms with E-state index in [1.54, 1.807) is 50.4 Å². The Balaban J connectivity index is 1.04. The molecule has 8 aromatic rings.